The van der Waals surface area contributed by atoms with E-state index in [0.717, 1.165) is 14.7 Å². The first-order chi connectivity index (χ1) is 12.9. The number of halogens is 1. The third-order valence-electron chi connectivity index (χ3n) is 4.63. The Kier molecular flexibility index (Phi) is 5.06. The summed E-state index contributed by atoms with van der Waals surface area (Å²) in [5.74, 6) is -0.570. The average molecular weight is 469 g/mol. The average Bonchev–Trinajstić information content (AvgIpc) is 3.31. The van der Waals surface area contributed by atoms with E-state index in [-0.39, 0.29) is 16.7 Å². The van der Waals surface area contributed by atoms with Crippen LogP contribution in [0.4, 0.5) is 5.69 Å². The molecule has 1 unspecified atom stereocenters. The number of fused-ring (bicyclic) bond motifs is 1. The molecule has 2 aromatic heterocycles. The molecule has 2 N–H and O–H groups in total. The van der Waals surface area contributed by atoms with Gasteiger partial charge in [-0.05, 0) is 47.0 Å². The van der Waals surface area contributed by atoms with Gasteiger partial charge < -0.3 is 5.32 Å². The molecule has 142 valence electrons. The van der Waals surface area contributed by atoms with E-state index in [2.05, 4.69) is 31.4 Å². The van der Waals surface area contributed by atoms with Gasteiger partial charge in [-0.25, -0.2) is 8.42 Å². The van der Waals surface area contributed by atoms with Gasteiger partial charge in [-0.3, -0.25) is 9.89 Å². The molecule has 0 aliphatic carbocycles. The van der Waals surface area contributed by atoms with Crippen LogP contribution in [0.1, 0.15) is 12.8 Å². The Hall–Kier alpha value is -1.75. The first-order valence-corrected chi connectivity index (χ1v) is 11.5. The molecule has 10 heteroatoms. The van der Waals surface area contributed by atoms with Crippen LogP contribution in [0, 0.1) is 5.92 Å². The highest BCUT2D eigenvalue weighted by atomic mass is 79.9. The Balaban J connectivity index is 1.51. The molecule has 1 aliphatic rings. The summed E-state index contributed by atoms with van der Waals surface area (Å²) in [6.07, 6.45) is 3.00. The van der Waals surface area contributed by atoms with Crippen molar-refractivity contribution in [2.24, 2.45) is 5.92 Å². The largest absolute Gasteiger partial charge is 0.324 e. The van der Waals surface area contributed by atoms with Crippen molar-refractivity contribution >= 4 is 59.8 Å². The van der Waals surface area contributed by atoms with E-state index in [1.54, 1.807) is 24.4 Å². The van der Waals surface area contributed by atoms with Crippen LogP contribution < -0.4 is 5.32 Å². The van der Waals surface area contributed by atoms with Gasteiger partial charge in [-0.1, -0.05) is 12.1 Å². The second kappa shape index (κ2) is 7.34. The monoisotopic (exact) mass is 468 g/mol. The number of thiophene rings is 1. The lowest BCUT2D eigenvalue weighted by atomic mass is 9.98. The van der Waals surface area contributed by atoms with E-state index < -0.39 is 15.9 Å². The number of carbonyl (C=O) groups is 1. The van der Waals surface area contributed by atoms with Crippen molar-refractivity contribution in [1.29, 1.82) is 0 Å². The third kappa shape index (κ3) is 3.66. The second-order valence-corrected chi connectivity index (χ2v) is 11.0. The molecule has 3 heterocycles. The molecule has 1 atom stereocenters. The van der Waals surface area contributed by atoms with Crippen LogP contribution in [0.2, 0.25) is 0 Å². The maximum absolute atomic E-state index is 12.8. The van der Waals surface area contributed by atoms with Gasteiger partial charge in [-0.15, -0.1) is 11.3 Å². The van der Waals surface area contributed by atoms with Gasteiger partial charge in [0.1, 0.15) is 4.21 Å². The number of nitrogens with one attached hydrogen (secondary N) is 2. The zero-order chi connectivity index (χ0) is 19.0. The quantitative estimate of drug-likeness (QED) is 0.612. The van der Waals surface area contributed by atoms with Gasteiger partial charge in [0.15, 0.2) is 0 Å². The fourth-order valence-corrected chi connectivity index (χ4v) is 6.93. The number of hydrogen-bond donors (Lipinski definition) is 2. The number of carbonyl (C=O) groups excluding carboxylic acids is 1. The molecule has 4 rings (SSSR count). The molecule has 0 bridgehead atoms. The number of aromatic nitrogens is 2. The number of nitrogens with zero attached hydrogens (tertiary/aromatic N) is 2. The van der Waals surface area contributed by atoms with Crippen molar-refractivity contribution in [3.05, 3.63) is 40.3 Å². The van der Waals surface area contributed by atoms with E-state index in [0.29, 0.717) is 25.1 Å². The number of amides is 1. The van der Waals surface area contributed by atoms with Gasteiger partial charge in [0.2, 0.25) is 5.91 Å². The molecule has 0 saturated carbocycles. The van der Waals surface area contributed by atoms with Crippen molar-refractivity contribution < 1.29 is 13.2 Å². The molecule has 1 aromatic carbocycles. The third-order valence-corrected chi connectivity index (χ3v) is 8.59. The van der Waals surface area contributed by atoms with E-state index in [4.69, 9.17) is 0 Å². The van der Waals surface area contributed by atoms with Crippen molar-refractivity contribution in [2.75, 3.05) is 18.4 Å². The highest BCUT2D eigenvalue weighted by Gasteiger charge is 2.34. The van der Waals surface area contributed by atoms with Crippen LogP contribution in [0.25, 0.3) is 10.9 Å². The normalized spacial score (nSPS) is 18.6. The molecule has 1 amide bonds. The van der Waals surface area contributed by atoms with Crippen LogP contribution in [0.15, 0.2) is 44.5 Å². The number of H-pyrrole nitrogens is 1. The Labute approximate surface area is 168 Å². The Morgan fingerprint density at radius 3 is 2.96 bits per heavy atom. The lowest BCUT2D eigenvalue weighted by molar-refractivity contribution is -0.120. The van der Waals surface area contributed by atoms with Crippen LogP contribution >= 0.6 is 27.3 Å². The van der Waals surface area contributed by atoms with Gasteiger partial charge in [0, 0.05) is 18.5 Å². The minimum absolute atomic E-state index is 0.177. The topological polar surface area (TPSA) is 95.2 Å². The molecule has 0 radical (unpaired) electrons. The first-order valence-electron chi connectivity index (χ1n) is 8.43. The molecular weight excluding hydrogens is 452 g/mol. The SMILES string of the molecule is O=C(Nc1cccc2cn[nH]c12)C1CCCN(S(=O)(=O)c2ccc(Br)s2)C1. The minimum Gasteiger partial charge on any atom is -0.324 e. The van der Waals surface area contributed by atoms with Crippen molar-refractivity contribution in [3.8, 4) is 0 Å². The molecule has 3 aromatic rings. The zero-order valence-corrected chi connectivity index (χ0v) is 17.4. The van der Waals surface area contributed by atoms with Gasteiger partial charge in [-0.2, -0.15) is 9.40 Å². The van der Waals surface area contributed by atoms with E-state index in [9.17, 15) is 13.2 Å². The van der Waals surface area contributed by atoms with Crippen molar-refractivity contribution in [2.45, 2.75) is 17.1 Å². The summed E-state index contributed by atoms with van der Waals surface area (Å²) in [5.41, 5.74) is 1.41. The maximum Gasteiger partial charge on any atom is 0.252 e. The van der Waals surface area contributed by atoms with Crippen LogP contribution in [0.5, 0.6) is 0 Å². The van der Waals surface area contributed by atoms with E-state index in [1.807, 2.05) is 12.1 Å². The van der Waals surface area contributed by atoms with Gasteiger partial charge in [0.05, 0.1) is 27.1 Å². The van der Waals surface area contributed by atoms with Crippen LogP contribution in [0.3, 0.4) is 0 Å². The summed E-state index contributed by atoms with van der Waals surface area (Å²) < 4.78 is 28.1. The highest BCUT2D eigenvalue weighted by Crippen LogP contribution is 2.31. The fraction of sp³-hybridized carbons (Fsp3) is 0.294. The lowest BCUT2D eigenvalue weighted by Crippen LogP contribution is -2.43. The van der Waals surface area contributed by atoms with Gasteiger partial charge >= 0.3 is 0 Å². The zero-order valence-electron chi connectivity index (χ0n) is 14.2. The predicted molar refractivity (Wildman–Crippen MR) is 108 cm³/mol. The standard InChI is InChI=1S/C17H17BrN4O3S2/c18-14-6-7-15(26-14)27(24,25)22-8-2-4-12(10-22)17(23)20-13-5-1-3-11-9-19-21-16(11)13/h1,3,5-7,9,12H,2,4,8,10H2,(H,19,21)(H,20,23). The molecule has 0 spiro atoms. The molecule has 1 saturated heterocycles. The smallest absolute Gasteiger partial charge is 0.252 e. The molecule has 27 heavy (non-hydrogen) atoms. The molecule has 1 aliphatic heterocycles. The Morgan fingerprint density at radius 2 is 2.19 bits per heavy atom. The second-order valence-electron chi connectivity index (χ2n) is 6.39. The number of rotatable bonds is 4. The van der Waals surface area contributed by atoms with Crippen LogP contribution in [-0.4, -0.2) is 41.9 Å². The summed E-state index contributed by atoms with van der Waals surface area (Å²) in [4.78, 5) is 12.8. The fourth-order valence-electron chi connectivity index (χ4n) is 3.25. The van der Waals surface area contributed by atoms with E-state index >= 15 is 0 Å². The maximum atomic E-state index is 12.8. The first kappa shape index (κ1) is 18.6. The van der Waals surface area contributed by atoms with E-state index in [1.165, 1.54) is 15.6 Å². The van der Waals surface area contributed by atoms with Crippen molar-refractivity contribution in [3.63, 3.8) is 0 Å². The van der Waals surface area contributed by atoms with Crippen LogP contribution in [-0.2, 0) is 14.8 Å². The number of benzene rings is 1. The summed E-state index contributed by atoms with van der Waals surface area (Å²) in [6, 6.07) is 8.87. The Bertz CT molecular complexity index is 1090. The molecule has 1 fully saturated rings. The number of anilines is 1. The number of piperidine rings is 1. The molecular formula is C17H17BrN4O3S2. The lowest BCUT2D eigenvalue weighted by Gasteiger charge is -2.30. The molecule has 7 nitrogen and oxygen atoms in total. The summed E-state index contributed by atoms with van der Waals surface area (Å²) in [6.45, 7) is 0.612. The summed E-state index contributed by atoms with van der Waals surface area (Å²) >= 11 is 4.48. The number of hydrogen-bond acceptors (Lipinski definition) is 5. The number of aromatic amines is 1. The number of para-hydroxylation sites is 1. The summed E-state index contributed by atoms with van der Waals surface area (Å²) in [5, 5.41) is 10.7. The summed E-state index contributed by atoms with van der Waals surface area (Å²) in [7, 11) is -3.58. The predicted octanol–water partition coefficient (Wildman–Crippen LogP) is 3.43. The van der Waals surface area contributed by atoms with Crippen molar-refractivity contribution in [1.82, 2.24) is 14.5 Å². The van der Waals surface area contributed by atoms with Gasteiger partial charge in [0.25, 0.3) is 10.0 Å². The highest BCUT2D eigenvalue weighted by molar-refractivity contribution is 9.11. The minimum atomic E-state index is -3.58. The Morgan fingerprint density at radius 1 is 1.33 bits per heavy atom. The number of sulfonamides is 1.